The number of aromatic nitrogens is 2. The number of ketones is 1. The highest BCUT2D eigenvalue weighted by atomic mass is 32.2. The van der Waals surface area contributed by atoms with Crippen molar-refractivity contribution in [3.05, 3.63) is 18.0 Å². The van der Waals surface area contributed by atoms with Crippen LogP contribution in [0.15, 0.2) is 12.4 Å². The van der Waals surface area contributed by atoms with Crippen LogP contribution in [-0.4, -0.2) is 26.1 Å². The lowest BCUT2D eigenvalue weighted by molar-refractivity contribution is 0.0949. The van der Waals surface area contributed by atoms with Gasteiger partial charge in [0.15, 0.2) is 5.78 Å². The smallest absolute Gasteiger partial charge is 0.181 e. The Bertz CT molecular complexity index is 380. The lowest BCUT2D eigenvalue weighted by Crippen LogP contribution is -2.28. The van der Waals surface area contributed by atoms with E-state index in [1.165, 1.54) is 0 Å². The molecule has 1 aliphatic heterocycles. The maximum Gasteiger partial charge on any atom is 0.181 e. The van der Waals surface area contributed by atoms with Crippen LogP contribution in [0.1, 0.15) is 43.5 Å². The van der Waals surface area contributed by atoms with Gasteiger partial charge in [-0.1, -0.05) is 6.92 Å². The first-order valence-corrected chi connectivity index (χ1v) is 6.85. The molecule has 3 nitrogen and oxygen atoms in total. The Labute approximate surface area is 101 Å². The minimum absolute atomic E-state index is 0.208. The van der Waals surface area contributed by atoms with Crippen LogP contribution in [0.2, 0.25) is 0 Å². The van der Waals surface area contributed by atoms with Crippen LogP contribution < -0.4 is 0 Å². The van der Waals surface area contributed by atoms with E-state index in [0.717, 1.165) is 37.1 Å². The predicted octanol–water partition coefficient (Wildman–Crippen LogP) is 2.76. The summed E-state index contributed by atoms with van der Waals surface area (Å²) in [5.41, 5.74) is 0.769. The van der Waals surface area contributed by atoms with Gasteiger partial charge >= 0.3 is 0 Å². The van der Waals surface area contributed by atoms with E-state index in [4.69, 9.17) is 0 Å². The molecule has 1 aromatic rings. The molecule has 16 heavy (non-hydrogen) atoms. The zero-order chi connectivity index (χ0) is 11.6. The molecule has 0 spiro atoms. The van der Waals surface area contributed by atoms with Gasteiger partial charge in [-0.3, -0.25) is 9.48 Å². The molecule has 0 bridgehead atoms. The molecule has 1 fully saturated rings. The number of hydrogen-bond acceptors (Lipinski definition) is 3. The van der Waals surface area contributed by atoms with Crippen molar-refractivity contribution < 1.29 is 4.79 Å². The predicted molar refractivity (Wildman–Crippen MR) is 66.9 cm³/mol. The Balaban J connectivity index is 2.13. The van der Waals surface area contributed by atoms with Crippen molar-refractivity contribution in [1.82, 2.24) is 9.78 Å². The van der Waals surface area contributed by atoms with Crippen LogP contribution in [0, 0.1) is 0 Å². The van der Waals surface area contributed by atoms with Crippen LogP contribution in [0.5, 0.6) is 0 Å². The second-order valence-electron chi connectivity index (χ2n) is 4.50. The molecule has 0 aromatic carbocycles. The molecule has 0 amide bonds. The normalized spacial score (nSPS) is 24.9. The van der Waals surface area contributed by atoms with Gasteiger partial charge in [-0.2, -0.15) is 5.10 Å². The number of aryl methyl sites for hydroxylation is 1. The number of carbonyl (C=O) groups is 1. The van der Waals surface area contributed by atoms with Gasteiger partial charge < -0.3 is 0 Å². The lowest BCUT2D eigenvalue weighted by Gasteiger charge is -2.19. The van der Waals surface area contributed by atoms with Crippen molar-refractivity contribution in [1.29, 1.82) is 0 Å². The first-order valence-electron chi connectivity index (χ1n) is 5.87. The highest BCUT2D eigenvalue weighted by Gasteiger charge is 2.38. The minimum atomic E-state index is -0.208. The average molecular weight is 238 g/mol. The number of Topliss-reactive ketones (excluding diaryl/α,β-unsaturated/α-hetero) is 1. The van der Waals surface area contributed by atoms with Crippen LogP contribution in [0.3, 0.4) is 0 Å². The minimum Gasteiger partial charge on any atom is -0.292 e. The van der Waals surface area contributed by atoms with Gasteiger partial charge in [-0.25, -0.2) is 0 Å². The number of carbonyl (C=O) groups excluding carboxylic acids is 1. The zero-order valence-electron chi connectivity index (χ0n) is 9.90. The lowest BCUT2D eigenvalue weighted by atomic mass is 9.96. The monoisotopic (exact) mass is 238 g/mol. The molecule has 0 aliphatic carbocycles. The van der Waals surface area contributed by atoms with Gasteiger partial charge in [0.05, 0.1) is 16.5 Å². The first kappa shape index (κ1) is 11.7. The van der Waals surface area contributed by atoms with Gasteiger partial charge in [-0.05, 0) is 31.9 Å². The zero-order valence-corrected chi connectivity index (χ0v) is 10.7. The summed E-state index contributed by atoms with van der Waals surface area (Å²) in [7, 11) is 0. The fraction of sp³-hybridized carbons (Fsp3) is 0.667. The average Bonchev–Trinajstić information content (AvgIpc) is 2.88. The van der Waals surface area contributed by atoms with E-state index in [1.807, 2.05) is 10.9 Å². The van der Waals surface area contributed by atoms with Crippen molar-refractivity contribution in [3.63, 3.8) is 0 Å². The van der Waals surface area contributed by atoms with Crippen LogP contribution in [0.4, 0.5) is 0 Å². The first-order chi connectivity index (χ1) is 7.65. The molecule has 1 saturated heterocycles. The summed E-state index contributed by atoms with van der Waals surface area (Å²) in [5.74, 6) is 1.35. The van der Waals surface area contributed by atoms with E-state index < -0.39 is 0 Å². The van der Waals surface area contributed by atoms with Crippen LogP contribution in [-0.2, 0) is 6.54 Å². The van der Waals surface area contributed by atoms with E-state index in [-0.39, 0.29) is 10.5 Å². The molecular weight excluding hydrogens is 220 g/mol. The quantitative estimate of drug-likeness (QED) is 0.757. The van der Waals surface area contributed by atoms with E-state index in [0.29, 0.717) is 0 Å². The molecule has 0 saturated carbocycles. The van der Waals surface area contributed by atoms with Crippen molar-refractivity contribution in [2.24, 2.45) is 0 Å². The van der Waals surface area contributed by atoms with E-state index >= 15 is 0 Å². The molecule has 1 unspecified atom stereocenters. The summed E-state index contributed by atoms with van der Waals surface area (Å²) in [4.78, 5) is 12.3. The molecule has 0 N–H and O–H groups in total. The third-order valence-corrected chi connectivity index (χ3v) is 4.57. The van der Waals surface area contributed by atoms with E-state index in [1.54, 1.807) is 18.0 Å². The van der Waals surface area contributed by atoms with Gasteiger partial charge in [0.25, 0.3) is 0 Å². The Kier molecular flexibility index (Phi) is 3.38. The van der Waals surface area contributed by atoms with Gasteiger partial charge in [0.2, 0.25) is 0 Å². The number of rotatable bonds is 4. The fourth-order valence-corrected chi connectivity index (χ4v) is 3.37. The Morgan fingerprint density at radius 1 is 1.69 bits per heavy atom. The molecule has 1 aromatic heterocycles. The second kappa shape index (κ2) is 4.62. The number of nitrogens with zero attached hydrogens (tertiary/aromatic N) is 2. The molecular formula is C12H18N2OS. The summed E-state index contributed by atoms with van der Waals surface area (Å²) < 4.78 is 1.65. The molecule has 0 radical (unpaired) electrons. The summed E-state index contributed by atoms with van der Waals surface area (Å²) in [6.07, 6.45) is 6.78. The molecule has 2 rings (SSSR count). The summed E-state index contributed by atoms with van der Waals surface area (Å²) >= 11 is 1.78. The Morgan fingerprint density at radius 3 is 3.12 bits per heavy atom. The van der Waals surface area contributed by atoms with Crippen LogP contribution in [0.25, 0.3) is 0 Å². The standard InChI is InChI=1S/C12H18N2OS/c1-3-6-14-9-10(8-13-14)11(15)12(2)5-4-7-16-12/h8-9H,3-7H2,1-2H3. The Morgan fingerprint density at radius 2 is 2.50 bits per heavy atom. The summed E-state index contributed by atoms with van der Waals surface area (Å²) in [6.45, 7) is 5.05. The van der Waals surface area contributed by atoms with Crippen molar-refractivity contribution >= 4 is 17.5 Å². The molecule has 1 aliphatic rings. The summed E-state index contributed by atoms with van der Waals surface area (Å²) in [5, 5.41) is 4.22. The van der Waals surface area contributed by atoms with Crippen LogP contribution >= 0.6 is 11.8 Å². The molecule has 2 heterocycles. The van der Waals surface area contributed by atoms with Gasteiger partial charge in [0.1, 0.15) is 0 Å². The third kappa shape index (κ3) is 2.17. The number of hydrogen-bond donors (Lipinski definition) is 0. The maximum absolute atomic E-state index is 12.3. The van der Waals surface area contributed by atoms with E-state index in [2.05, 4.69) is 18.9 Å². The summed E-state index contributed by atoms with van der Waals surface area (Å²) in [6, 6.07) is 0. The van der Waals surface area contributed by atoms with Gasteiger partial charge in [0, 0.05) is 12.7 Å². The second-order valence-corrected chi connectivity index (χ2v) is 6.10. The van der Waals surface area contributed by atoms with Crippen molar-refractivity contribution in [2.75, 3.05) is 5.75 Å². The highest BCUT2D eigenvalue weighted by Crippen LogP contribution is 2.40. The highest BCUT2D eigenvalue weighted by molar-refractivity contribution is 8.01. The Hall–Kier alpha value is -0.770. The number of thioether (sulfide) groups is 1. The molecule has 4 heteroatoms. The topological polar surface area (TPSA) is 34.9 Å². The largest absolute Gasteiger partial charge is 0.292 e. The SMILES string of the molecule is CCCn1cc(C(=O)C2(C)CCCS2)cn1. The third-order valence-electron chi connectivity index (χ3n) is 3.05. The fourth-order valence-electron chi connectivity index (χ4n) is 2.10. The molecule has 88 valence electrons. The van der Waals surface area contributed by atoms with E-state index in [9.17, 15) is 4.79 Å². The van der Waals surface area contributed by atoms with Gasteiger partial charge in [-0.15, -0.1) is 11.8 Å². The molecule has 1 atom stereocenters. The maximum atomic E-state index is 12.3. The van der Waals surface area contributed by atoms with Crippen molar-refractivity contribution in [3.8, 4) is 0 Å². The van der Waals surface area contributed by atoms with Crippen molar-refractivity contribution in [2.45, 2.75) is 44.4 Å².